The number of ether oxygens (including phenoxy) is 2. The molecule has 3 aromatic carbocycles. The van der Waals surface area contributed by atoms with Crippen LogP contribution in [0.2, 0.25) is 0 Å². The molecule has 0 unspecified atom stereocenters. The van der Waals surface area contributed by atoms with Crippen molar-refractivity contribution in [1.82, 2.24) is 0 Å². The zero-order valence-corrected chi connectivity index (χ0v) is 17.1. The van der Waals surface area contributed by atoms with E-state index in [1.54, 1.807) is 17.8 Å². The van der Waals surface area contributed by atoms with E-state index in [0.29, 0.717) is 5.75 Å². The van der Waals surface area contributed by atoms with Gasteiger partial charge in [0.1, 0.15) is 0 Å². The summed E-state index contributed by atoms with van der Waals surface area (Å²) < 4.78 is 10.6. The molecule has 4 rings (SSSR count). The lowest BCUT2D eigenvalue weighted by Crippen LogP contribution is -2.07. The van der Waals surface area contributed by atoms with E-state index in [9.17, 15) is 4.79 Å². The number of fused-ring (bicyclic) bond motifs is 1. The average Bonchev–Trinajstić information content (AvgIpc) is 3.18. The SMILES string of the molecule is Cc1ccc(Sc2ccc(NC(=O)/C=C/c3ccc4c(c3)OCO4)cc2)c(C)c1. The number of hydrogen-bond donors (Lipinski definition) is 1. The molecule has 0 radical (unpaired) electrons. The summed E-state index contributed by atoms with van der Waals surface area (Å²) in [6, 6.07) is 19.9. The second-order valence-electron chi connectivity index (χ2n) is 6.83. The molecule has 1 aliphatic heterocycles. The minimum Gasteiger partial charge on any atom is -0.454 e. The Bertz CT molecular complexity index is 1070. The van der Waals surface area contributed by atoms with Crippen molar-refractivity contribution in [1.29, 1.82) is 0 Å². The molecule has 0 atom stereocenters. The molecule has 3 aromatic rings. The van der Waals surface area contributed by atoms with E-state index in [0.717, 1.165) is 21.9 Å². The van der Waals surface area contributed by atoms with E-state index in [1.165, 1.54) is 22.1 Å². The molecule has 146 valence electrons. The number of carbonyl (C=O) groups excluding carboxylic acids is 1. The second kappa shape index (κ2) is 8.45. The van der Waals surface area contributed by atoms with Crippen LogP contribution in [0.4, 0.5) is 5.69 Å². The van der Waals surface area contributed by atoms with Crippen LogP contribution in [0.1, 0.15) is 16.7 Å². The molecule has 1 aliphatic rings. The minimum atomic E-state index is -0.183. The van der Waals surface area contributed by atoms with Crippen LogP contribution in [0, 0.1) is 13.8 Å². The molecule has 0 bridgehead atoms. The monoisotopic (exact) mass is 403 g/mol. The Morgan fingerprint density at radius 1 is 0.966 bits per heavy atom. The first-order chi connectivity index (χ1) is 14.1. The zero-order chi connectivity index (χ0) is 20.2. The van der Waals surface area contributed by atoms with Gasteiger partial charge in [0.2, 0.25) is 12.7 Å². The number of anilines is 1. The van der Waals surface area contributed by atoms with Crippen molar-refractivity contribution in [3.63, 3.8) is 0 Å². The van der Waals surface area contributed by atoms with E-state index in [2.05, 4.69) is 37.4 Å². The maximum atomic E-state index is 12.2. The van der Waals surface area contributed by atoms with Crippen molar-refractivity contribution in [3.8, 4) is 11.5 Å². The van der Waals surface area contributed by atoms with Gasteiger partial charge in [-0.3, -0.25) is 4.79 Å². The number of aryl methyl sites for hydroxylation is 2. The van der Waals surface area contributed by atoms with Gasteiger partial charge in [0.25, 0.3) is 0 Å². The Morgan fingerprint density at radius 3 is 2.55 bits per heavy atom. The van der Waals surface area contributed by atoms with Crippen LogP contribution in [0.15, 0.2) is 76.5 Å². The summed E-state index contributed by atoms with van der Waals surface area (Å²) >= 11 is 1.72. The summed E-state index contributed by atoms with van der Waals surface area (Å²) in [6.07, 6.45) is 3.26. The van der Waals surface area contributed by atoms with Gasteiger partial charge in [0.15, 0.2) is 11.5 Å². The molecule has 0 aromatic heterocycles. The van der Waals surface area contributed by atoms with Crippen molar-refractivity contribution in [2.75, 3.05) is 12.1 Å². The number of benzene rings is 3. The Labute approximate surface area is 174 Å². The van der Waals surface area contributed by atoms with Gasteiger partial charge >= 0.3 is 0 Å². The molecular weight excluding hydrogens is 382 g/mol. The number of hydrogen-bond acceptors (Lipinski definition) is 4. The van der Waals surface area contributed by atoms with Crippen LogP contribution >= 0.6 is 11.8 Å². The van der Waals surface area contributed by atoms with Crippen LogP contribution in [0.3, 0.4) is 0 Å². The number of amides is 1. The highest BCUT2D eigenvalue weighted by Crippen LogP contribution is 2.33. The van der Waals surface area contributed by atoms with Crippen LogP contribution in [0.25, 0.3) is 6.08 Å². The number of rotatable bonds is 5. The molecule has 0 fully saturated rings. The fraction of sp³-hybridized carbons (Fsp3) is 0.125. The fourth-order valence-corrected chi connectivity index (χ4v) is 3.90. The smallest absolute Gasteiger partial charge is 0.248 e. The molecule has 0 spiro atoms. The quantitative estimate of drug-likeness (QED) is 0.544. The normalized spacial score (nSPS) is 12.3. The fourth-order valence-electron chi connectivity index (χ4n) is 3.02. The van der Waals surface area contributed by atoms with E-state index >= 15 is 0 Å². The molecule has 1 heterocycles. The lowest BCUT2D eigenvalue weighted by atomic mass is 10.2. The highest BCUT2D eigenvalue weighted by molar-refractivity contribution is 7.99. The maximum absolute atomic E-state index is 12.2. The predicted octanol–water partition coefficient (Wildman–Crippen LogP) is 5.84. The molecule has 5 heteroatoms. The van der Waals surface area contributed by atoms with Gasteiger partial charge in [-0.15, -0.1) is 0 Å². The van der Waals surface area contributed by atoms with E-state index in [-0.39, 0.29) is 12.7 Å². The Morgan fingerprint density at radius 2 is 1.76 bits per heavy atom. The first kappa shape index (κ1) is 19.2. The lowest BCUT2D eigenvalue weighted by Gasteiger charge is -2.08. The van der Waals surface area contributed by atoms with Gasteiger partial charge in [-0.2, -0.15) is 0 Å². The largest absolute Gasteiger partial charge is 0.454 e. The van der Waals surface area contributed by atoms with Gasteiger partial charge in [-0.1, -0.05) is 35.5 Å². The summed E-state index contributed by atoms with van der Waals surface area (Å²) in [5.74, 6) is 1.24. The summed E-state index contributed by atoms with van der Waals surface area (Å²) in [7, 11) is 0. The maximum Gasteiger partial charge on any atom is 0.248 e. The number of carbonyl (C=O) groups is 1. The minimum absolute atomic E-state index is 0.183. The summed E-state index contributed by atoms with van der Waals surface area (Å²) in [5, 5.41) is 2.88. The lowest BCUT2D eigenvalue weighted by molar-refractivity contribution is -0.111. The van der Waals surface area contributed by atoms with E-state index in [4.69, 9.17) is 9.47 Å². The van der Waals surface area contributed by atoms with Crippen LogP contribution in [-0.4, -0.2) is 12.7 Å². The van der Waals surface area contributed by atoms with Crippen molar-refractivity contribution < 1.29 is 14.3 Å². The van der Waals surface area contributed by atoms with Gasteiger partial charge in [-0.25, -0.2) is 0 Å². The zero-order valence-electron chi connectivity index (χ0n) is 16.3. The molecule has 1 N–H and O–H groups in total. The predicted molar refractivity (Wildman–Crippen MR) is 117 cm³/mol. The third-order valence-corrected chi connectivity index (χ3v) is 5.69. The van der Waals surface area contributed by atoms with Gasteiger partial charge < -0.3 is 14.8 Å². The Kier molecular flexibility index (Phi) is 5.58. The van der Waals surface area contributed by atoms with E-state index in [1.807, 2.05) is 42.5 Å². The molecule has 29 heavy (non-hydrogen) atoms. The van der Waals surface area contributed by atoms with Crippen LogP contribution < -0.4 is 14.8 Å². The van der Waals surface area contributed by atoms with Crippen molar-refractivity contribution in [2.24, 2.45) is 0 Å². The van der Waals surface area contributed by atoms with Crippen molar-refractivity contribution in [3.05, 3.63) is 83.4 Å². The third kappa shape index (κ3) is 4.81. The highest BCUT2D eigenvalue weighted by Gasteiger charge is 2.12. The van der Waals surface area contributed by atoms with Gasteiger partial charge in [-0.05, 0) is 73.5 Å². The van der Waals surface area contributed by atoms with Gasteiger partial charge in [0.05, 0.1) is 0 Å². The Hall–Kier alpha value is -3.18. The van der Waals surface area contributed by atoms with E-state index < -0.39 is 0 Å². The van der Waals surface area contributed by atoms with Crippen LogP contribution in [-0.2, 0) is 4.79 Å². The Balaban J connectivity index is 1.36. The topological polar surface area (TPSA) is 47.6 Å². The third-order valence-electron chi connectivity index (χ3n) is 4.50. The first-order valence-electron chi connectivity index (χ1n) is 9.31. The first-order valence-corrected chi connectivity index (χ1v) is 10.1. The summed E-state index contributed by atoms with van der Waals surface area (Å²) in [4.78, 5) is 14.6. The van der Waals surface area contributed by atoms with Crippen LogP contribution in [0.5, 0.6) is 11.5 Å². The number of nitrogens with one attached hydrogen (secondary N) is 1. The molecule has 1 amide bonds. The standard InChI is InChI=1S/C24H21NO3S/c1-16-3-11-23(17(2)13-16)29-20-8-6-19(7-9-20)25-24(26)12-5-18-4-10-21-22(14-18)28-15-27-21/h3-14H,15H2,1-2H3,(H,25,26)/b12-5+. The molecule has 0 saturated carbocycles. The molecular formula is C24H21NO3S. The average molecular weight is 404 g/mol. The van der Waals surface area contributed by atoms with Gasteiger partial charge in [0, 0.05) is 21.6 Å². The summed E-state index contributed by atoms with van der Waals surface area (Å²) in [6.45, 7) is 4.46. The summed E-state index contributed by atoms with van der Waals surface area (Å²) in [5.41, 5.74) is 4.17. The van der Waals surface area contributed by atoms with Crippen molar-refractivity contribution in [2.45, 2.75) is 23.6 Å². The highest BCUT2D eigenvalue weighted by atomic mass is 32.2. The molecule has 0 aliphatic carbocycles. The molecule has 4 nitrogen and oxygen atoms in total. The van der Waals surface area contributed by atoms with Crippen molar-refractivity contribution >= 4 is 29.4 Å². The second-order valence-corrected chi connectivity index (χ2v) is 7.95. The molecule has 0 saturated heterocycles.